The molecule has 1 heterocycles. The van der Waals surface area contributed by atoms with E-state index in [1.807, 2.05) is 42.5 Å². The highest BCUT2D eigenvalue weighted by molar-refractivity contribution is 6.31. The first kappa shape index (κ1) is 19.5. The van der Waals surface area contributed by atoms with Crippen molar-refractivity contribution >= 4 is 33.3 Å². The van der Waals surface area contributed by atoms with Gasteiger partial charge < -0.3 is 5.73 Å². The fourth-order valence-electron chi connectivity index (χ4n) is 3.93. The summed E-state index contributed by atoms with van der Waals surface area (Å²) in [4.78, 5) is 18.4. The molecule has 4 aromatic carbocycles. The SMILES string of the molecule is NCc1cccc(Cn2c(-c3ccc4ccccc4c3)nc3cc(Cl)ccc3c2=O)c1. The van der Waals surface area contributed by atoms with E-state index in [1.165, 1.54) is 0 Å². The van der Waals surface area contributed by atoms with E-state index < -0.39 is 0 Å². The number of nitrogens with zero attached hydrogens (tertiary/aromatic N) is 2. The van der Waals surface area contributed by atoms with Crippen molar-refractivity contribution in [2.75, 3.05) is 0 Å². The van der Waals surface area contributed by atoms with Crippen LogP contribution in [0, 0.1) is 0 Å². The second-order valence-corrected chi connectivity index (χ2v) is 8.01. The summed E-state index contributed by atoms with van der Waals surface area (Å²) in [7, 11) is 0. The quantitative estimate of drug-likeness (QED) is 0.420. The van der Waals surface area contributed by atoms with Crippen LogP contribution >= 0.6 is 11.6 Å². The van der Waals surface area contributed by atoms with Crippen LogP contribution in [0.25, 0.3) is 33.1 Å². The molecule has 0 unspecified atom stereocenters. The Morgan fingerprint density at radius 1 is 0.839 bits per heavy atom. The van der Waals surface area contributed by atoms with Crippen molar-refractivity contribution in [2.24, 2.45) is 5.73 Å². The van der Waals surface area contributed by atoms with Crippen LogP contribution in [0.4, 0.5) is 0 Å². The molecule has 1 aromatic heterocycles. The number of hydrogen-bond donors (Lipinski definition) is 1. The third-order valence-electron chi connectivity index (χ3n) is 5.49. The Bertz CT molecular complexity index is 1490. The molecule has 0 aliphatic heterocycles. The zero-order valence-corrected chi connectivity index (χ0v) is 17.5. The molecule has 0 bridgehead atoms. The van der Waals surface area contributed by atoms with Gasteiger partial charge in [-0.15, -0.1) is 0 Å². The van der Waals surface area contributed by atoms with Crippen LogP contribution in [0.2, 0.25) is 5.02 Å². The normalized spacial score (nSPS) is 11.3. The molecule has 2 N–H and O–H groups in total. The molecule has 0 aliphatic carbocycles. The van der Waals surface area contributed by atoms with Gasteiger partial charge in [0.05, 0.1) is 17.4 Å². The number of halogens is 1. The van der Waals surface area contributed by atoms with E-state index >= 15 is 0 Å². The summed E-state index contributed by atoms with van der Waals surface area (Å²) >= 11 is 6.19. The van der Waals surface area contributed by atoms with Gasteiger partial charge in [0.2, 0.25) is 0 Å². The van der Waals surface area contributed by atoms with E-state index in [0.717, 1.165) is 27.5 Å². The lowest BCUT2D eigenvalue weighted by molar-refractivity contribution is 0.758. The average Bonchev–Trinajstić information content (AvgIpc) is 2.80. The predicted octanol–water partition coefficient (Wildman–Crippen LogP) is 5.38. The van der Waals surface area contributed by atoms with E-state index in [-0.39, 0.29) is 5.56 Å². The highest BCUT2D eigenvalue weighted by Crippen LogP contribution is 2.25. The van der Waals surface area contributed by atoms with Crippen LogP contribution in [0.1, 0.15) is 11.1 Å². The molecule has 152 valence electrons. The van der Waals surface area contributed by atoms with Crippen molar-refractivity contribution in [1.29, 1.82) is 0 Å². The Kier molecular flexibility index (Phi) is 5.02. The maximum atomic E-state index is 13.5. The Morgan fingerprint density at radius 2 is 1.65 bits per heavy atom. The second-order valence-electron chi connectivity index (χ2n) is 7.57. The van der Waals surface area contributed by atoms with Crippen molar-refractivity contribution in [2.45, 2.75) is 13.1 Å². The van der Waals surface area contributed by atoms with E-state index in [2.05, 4.69) is 24.3 Å². The van der Waals surface area contributed by atoms with Crippen LogP contribution in [-0.2, 0) is 13.1 Å². The lowest BCUT2D eigenvalue weighted by atomic mass is 10.1. The number of hydrogen-bond acceptors (Lipinski definition) is 3. The van der Waals surface area contributed by atoms with Gasteiger partial charge in [-0.1, -0.05) is 72.3 Å². The summed E-state index contributed by atoms with van der Waals surface area (Å²) < 4.78 is 1.73. The molecule has 5 heteroatoms. The zero-order valence-electron chi connectivity index (χ0n) is 16.8. The van der Waals surface area contributed by atoms with Gasteiger partial charge in [-0.2, -0.15) is 0 Å². The zero-order chi connectivity index (χ0) is 21.4. The highest BCUT2D eigenvalue weighted by Gasteiger charge is 2.14. The highest BCUT2D eigenvalue weighted by atomic mass is 35.5. The number of benzene rings is 4. The van der Waals surface area contributed by atoms with E-state index in [0.29, 0.717) is 34.8 Å². The van der Waals surface area contributed by atoms with E-state index in [1.54, 1.807) is 22.8 Å². The summed E-state index contributed by atoms with van der Waals surface area (Å²) in [5.41, 5.74) is 9.22. The summed E-state index contributed by atoms with van der Waals surface area (Å²) in [5, 5.41) is 3.33. The van der Waals surface area contributed by atoms with Gasteiger partial charge in [0, 0.05) is 17.1 Å². The average molecular weight is 426 g/mol. The first-order chi connectivity index (χ1) is 15.1. The van der Waals surface area contributed by atoms with Gasteiger partial charge in [0.1, 0.15) is 5.82 Å². The monoisotopic (exact) mass is 425 g/mol. The van der Waals surface area contributed by atoms with Crippen LogP contribution in [0.5, 0.6) is 0 Å². The topological polar surface area (TPSA) is 60.9 Å². The molecule has 0 fully saturated rings. The molecule has 5 rings (SSSR count). The predicted molar refractivity (Wildman–Crippen MR) is 127 cm³/mol. The molecule has 0 spiro atoms. The number of fused-ring (bicyclic) bond motifs is 2. The fraction of sp³-hybridized carbons (Fsp3) is 0.0769. The summed E-state index contributed by atoms with van der Waals surface area (Å²) in [6, 6.07) is 27.5. The summed E-state index contributed by atoms with van der Waals surface area (Å²) in [5.74, 6) is 0.615. The molecule has 0 amide bonds. The van der Waals surface area contributed by atoms with Crippen molar-refractivity contribution < 1.29 is 0 Å². The van der Waals surface area contributed by atoms with Crippen LogP contribution in [0.3, 0.4) is 0 Å². The first-order valence-electron chi connectivity index (χ1n) is 10.1. The van der Waals surface area contributed by atoms with Gasteiger partial charge in [0.15, 0.2) is 0 Å². The molecule has 4 nitrogen and oxygen atoms in total. The Hall–Kier alpha value is -3.47. The molecular formula is C26H20ClN3O. The van der Waals surface area contributed by atoms with Crippen molar-refractivity contribution in [1.82, 2.24) is 9.55 Å². The molecule has 0 saturated carbocycles. The molecule has 31 heavy (non-hydrogen) atoms. The maximum Gasteiger partial charge on any atom is 0.261 e. The minimum Gasteiger partial charge on any atom is -0.326 e. The molecule has 0 radical (unpaired) electrons. The third-order valence-corrected chi connectivity index (χ3v) is 5.73. The van der Waals surface area contributed by atoms with Gasteiger partial charge in [0.25, 0.3) is 5.56 Å². The van der Waals surface area contributed by atoms with Gasteiger partial charge in [-0.05, 0) is 46.2 Å². The molecular weight excluding hydrogens is 406 g/mol. The largest absolute Gasteiger partial charge is 0.326 e. The minimum atomic E-state index is -0.0945. The number of rotatable bonds is 4. The Labute approximate surface area is 184 Å². The Morgan fingerprint density at radius 3 is 2.48 bits per heavy atom. The summed E-state index contributed by atoms with van der Waals surface area (Å²) in [6.45, 7) is 0.856. The molecule has 5 aromatic rings. The summed E-state index contributed by atoms with van der Waals surface area (Å²) in [6.07, 6.45) is 0. The van der Waals surface area contributed by atoms with Gasteiger partial charge in [-0.3, -0.25) is 9.36 Å². The van der Waals surface area contributed by atoms with Crippen molar-refractivity contribution in [3.8, 4) is 11.4 Å². The first-order valence-corrected chi connectivity index (χ1v) is 10.5. The van der Waals surface area contributed by atoms with Crippen LogP contribution < -0.4 is 11.3 Å². The van der Waals surface area contributed by atoms with E-state index in [4.69, 9.17) is 22.3 Å². The molecule has 0 aliphatic rings. The lowest BCUT2D eigenvalue weighted by Gasteiger charge is -2.15. The van der Waals surface area contributed by atoms with E-state index in [9.17, 15) is 4.79 Å². The Balaban J connectivity index is 1.76. The molecule has 0 atom stereocenters. The van der Waals surface area contributed by atoms with Crippen LogP contribution in [-0.4, -0.2) is 9.55 Å². The van der Waals surface area contributed by atoms with Crippen molar-refractivity contribution in [3.05, 3.63) is 111 Å². The number of aromatic nitrogens is 2. The van der Waals surface area contributed by atoms with Crippen molar-refractivity contribution in [3.63, 3.8) is 0 Å². The number of nitrogens with two attached hydrogens (primary N) is 1. The fourth-order valence-corrected chi connectivity index (χ4v) is 4.09. The standard InChI is InChI=1S/C26H20ClN3O/c27-22-10-11-23-24(14-22)29-25(21-9-8-19-6-1-2-7-20(19)13-21)30(26(23)31)16-18-5-3-4-17(12-18)15-28/h1-14H,15-16,28H2. The maximum absolute atomic E-state index is 13.5. The second kappa shape index (κ2) is 7.99. The molecule has 0 saturated heterocycles. The third kappa shape index (κ3) is 3.72. The van der Waals surface area contributed by atoms with Gasteiger partial charge >= 0.3 is 0 Å². The van der Waals surface area contributed by atoms with Gasteiger partial charge in [-0.25, -0.2) is 4.98 Å². The minimum absolute atomic E-state index is 0.0945. The smallest absolute Gasteiger partial charge is 0.261 e. The lowest BCUT2D eigenvalue weighted by Crippen LogP contribution is -2.24. The van der Waals surface area contributed by atoms with Crippen LogP contribution in [0.15, 0.2) is 89.7 Å².